The summed E-state index contributed by atoms with van der Waals surface area (Å²) in [4.78, 5) is 2.58. The van der Waals surface area contributed by atoms with E-state index in [4.69, 9.17) is 0 Å². The third kappa shape index (κ3) is 5.29. The zero-order valence-corrected chi connectivity index (χ0v) is 32.4. The van der Waals surface area contributed by atoms with E-state index in [1.54, 1.807) is 0 Å². The van der Waals surface area contributed by atoms with Crippen LogP contribution in [-0.2, 0) is 10.8 Å². The summed E-state index contributed by atoms with van der Waals surface area (Å²) in [5, 5.41) is 2.50. The lowest BCUT2D eigenvalue weighted by atomic mass is 9.62. The summed E-state index contributed by atoms with van der Waals surface area (Å²) >= 11 is 0. The molecule has 0 aliphatic heterocycles. The van der Waals surface area contributed by atoms with Crippen molar-refractivity contribution in [2.24, 2.45) is 0 Å². The highest BCUT2D eigenvalue weighted by Crippen LogP contribution is 2.59. The first-order chi connectivity index (χ1) is 27.5. The number of fused-ring (bicyclic) bond motifs is 4. The van der Waals surface area contributed by atoms with Gasteiger partial charge in [-0.15, -0.1) is 0 Å². The average Bonchev–Trinajstić information content (AvgIpc) is 3.67. The lowest BCUT2D eigenvalue weighted by Crippen LogP contribution is -2.33. The largest absolute Gasteiger partial charge is 0.337 e. The van der Waals surface area contributed by atoms with Crippen LogP contribution >= 0.6 is 0 Å². The molecule has 4 aliphatic rings. The lowest BCUT2D eigenvalue weighted by Gasteiger charge is -2.40. The molecule has 1 unspecified atom stereocenters. The Hall–Kier alpha value is -6.18. The molecule has 4 aliphatic carbocycles. The monoisotopic (exact) mass is 721 g/mol. The summed E-state index contributed by atoms with van der Waals surface area (Å²) in [5.74, 6) is 0. The number of allylic oxidation sites excluding steroid dienone is 9. The molecule has 1 heteroatoms. The number of hydrogen-bond donors (Lipinski definition) is 0. The highest BCUT2D eigenvalue weighted by atomic mass is 15.1. The van der Waals surface area contributed by atoms with E-state index >= 15 is 0 Å². The molecule has 0 saturated heterocycles. The Balaban J connectivity index is 1.22. The van der Waals surface area contributed by atoms with Crippen LogP contribution in [0.25, 0.3) is 27.5 Å². The van der Waals surface area contributed by atoms with Crippen molar-refractivity contribution in [2.75, 3.05) is 11.4 Å². The van der Waals surface area contributed by atoms with Crippen LogP contribution in [0.15, 0.2) is 210 Å². The minimum atomic E-state index is -0.381. The molecule has 56 heavy (non-hydrogen) atoms. The Morgan fingerprint density at radius 3 is 2.14 bits per heavy atom. The summed E-state index contributed by atoms with van der Waals surface area (Å²) in [7, 11) is 0. The molecule has 0 heterocycles. The van der Waals surface area contributed by atoms with E-state index in [9.17, 15) is 0 Å². The van der Waals surface area contributed by atoms with Crippen molar-refractivity contribution >= 4 is 27.7 Å². The van der Waals surface area contributed by atoms with Crippen LogP contribution in [0.3, 0.4) is 0 Å². The Morgan fingerprint density at radius 1 is 0.661 bits per heavy atom. The van der Waals surface area contributed by atoms with E-state index in [0.717, 1.165) is 25.7 Å². The van der Waals surface area contributed by atoms with Gasteiger partial charge in [-0.2, -0.15) is 0 Å². The number of rotatable bonds is 8. The van der Waals surface area contributed by atoms with Crippen LogP contribution < -0.4 is 4.90 Å². The summed E-state index contributed by atoms with van der Waals surface area (Å²) in [6.45, 7) is 10.1. The van der Waals surface area contributed by atoms with Gasteiger partial charge in [0, 0.05) is 23.3 Å². The normalized spacial score (nSPS) is 19.3. The van der Waals surface area contributed by atoms with E-state index in [-0.39, 0.29) is 10.8 Å². The summed E-state index contributed by atoms with van der Waals surface area (Å²) in [6, 6.07) is 54.2. The Morgan fingerprint density at radius 2 is 1.36 bits per heavy atom. The van der Waals surface area contributed by atoms with Crippen molar-refractivity contribution < 1.29 is 0 Å². The molecule has 6 aromatic rings. The molecule has 6 aromatic carbocycles. The molecule has 10 rings (SSSR count). The summed E-state index contributed by atoms with van der Waals surface area (Å²) in [5.41, 5.74) is 18.5. The Bertz CT molecular complexity index is 2700. The fraction of sp³-hybridized carbons (Fsp3) is 0.164. The number of nitrogens with zero attached hydrogens (tertiary/aromatic N) is 1. The van der Waals surface area contributed by atoms with Gasteiger partial charge in [-0.25, -0.2) is 0 Å². The van der Waals surface area contributed by atoms with E-state index in [0.29, 0.717) is 6.54 Å². The molecule has 1 atom stereocenters. The van der Waals surface area contributed by atoms with Crippen molar-refractivity contribution in [1.82, 2.24) is 0 Å². The maximum Gasteiger partial charge on any atom is 0.0636 e. The molecule has 0 radical (unpaired) electrons. The number of benzene rings is 6. The van der Waals surface area contributed by atoms with Crippen molar-refractivity contribution in [3.63, 3.8) is 0 Å². The van der Waals surface area contributed by atoms with E-state index in [1.807, 2.05) is 0 Å². The van der Waals surface area contributed by atoms with Crippen LogP contribution in [0.4, 0.5) is 11.4 Å². The second kappa shape index (κ2) is 13.5. The van der Waals surface area contributed by atoms with Gasteiger partial charge in [-0.1, -0.05) is 178 Å². The zero-order valence-electron chi connectivity index (χ0n) is 32.4. The first-order valence-electron chi connectivity index (χ1n) is 20.3. The molecule has 0 amide bonds. The molecule has 0 saturated carbocycles. The van der Waals surface area contributed by atoms with Crippen LogP contribution in [0.1, 0.15) is 61.8 Å². The molecule has 1 nitrogen and oxygen atoms in total. The highest BCUT2D eigenvalue weighted by Gasteiger charge is 2.49. The Kier molecular flexibility index (Phi) is 8.29. The van der Waals surface area contributed by atoms with Gasteiger partial charge in [-0.3, -0.25) is 0 Å². The van der Waals surface area contributed by atoms with Gasteiger partial charge in [0.2, 0.25) is 0 Å². The van der Waals surface area contributed by atoms with Crippen molar-refractivity contribution in [1.29, 1.82) is 0 Å². The van der Waals surface area contributed by atoms with Gasteiger partial charge in [0.1, 0.15) is 0 Å². The summed E-state index contributed by atoms with van der Waals surface area (Å²) in [6.07, 6.45) is 15.8. The van der Waals surface area contributed by atoms with Crippen LogP contribution in [0.2, 0.25) is 0 Å². The maximum atomic E-state index is 4.66. The topological polar surface area (TPSA) is 3.24 Å². The highest BCUT2D eigenvalue weighted by molar-refractivity contribution is 5.89. The Labute approximate surface area is 332 Å². The molecule has 272 valence electrons. The quantitative estimate of drug-likeness (QED) is 0.151. The van der Waals surface area contributed by atoms with Crippen LogP contribution in [-0.4, -0.2) is 6.54 Å². The third-order valence-electron chi connectivity index (χ3n) is 13.1. The molecule has 0 fully saturated rings. The average molecular weight is 722 g/mol. The number of hydrogen-bond acceptors (Lipinski definition) is 1. The SMILES string of the molecule is C=CC1=C(CN(c2ccc3c(c2)C(C)(C)c2ccccc2-3)c2ccc3ccccc3c2)C2=C(CCC(c3ccccc3)=C2)C1(C1=CC=CCC1)c1ccccc1. The van der Waals surface area contributed by atoms with E-state index < -0.39 is 0 Å². The van der Waals surface area contributed by atoms with Gasteiger partial charge in [0.15, 0.2) is 0 Å². The standard InChI is InChI=1S/C55H47N/c1-4-50-49(48-35-41(38-18-8-5-9-19-38)29-33-52(48)55(50,42-22-10-6-11-23-42)43-24-12-7-13-25-43)37-56(44-30-28-39-20-14-15-21-40(39)34-44)45-31-32-47-46-26-16-17-27-51(46)54(2,3)53(47)36-45/h4-12,14-24,26-28,30-32,34-36H,1,13,25,29,33,37H2,2-3H3. The van der Waals surface area contributed by atoms with Crippen LogP contribution in [0.5, 0.6) is 0 Å². The molecule has 0 spiro atoms. The zero-order chi connectivity index (χ0) is 37.9. The molecule has 0 bridgehead atoms. The van der Waals surface area contributed by atoms with Gasteiger partial charge >= 0.3 is 0 Å². The smallest absolute Gasteiger partial charge is 0.0636 e. The fourth-order valence-electron chi connectivity index (χ4n) is 10.4. The van der Waals surface area contributed by atoms with Gasteiger partial charge in [0.25, 0.3) is 0 Å². The molecular weight excluding hydrogens is 675 g/mol. The second-order valence-electron chi connectivity index (χ2n) is 16.3. The summed E-state index contributed by atoms with van der Waals surface area (Å²) < 4.78 is 0. The van der Waals surface area contributed by atoms with Crippen LogP contribution in [0, 0.1) is 0 Å². The number of anilines is 2. The van der Waals surface area contributed by atoms with Gasteiger partial charge < -0.3 is 4.90 Å². The predicted octanol–water partition coefficient (Wildman–Crippen LogP) is 14.2. The van der Waals surface area contributed by atoms with E-state index in [1.165, 1.54) is 89.0 Å². The first kappa shape index (κ1) is 34.3. The van der Waals surface area contributed by atoms with E-state index in [2.05, 4.69) is 201 Å². The minimum Gasteiger partial charge on any atom is -0.337 e. The lowest BCUT2D eigenvalue weighted by molar-refractivity contribution is 0.639. The fourth-order valence-corrected chi connectivity index (χ4v) is 10.4. The molecular formula is C55H47N. The first-order valence-corrected chi connectivity index (χ1v) is 20.3. The van der Waals surface area contributed by atoms with Gasteiger partial charge in [0.05, 0.1) is 5.41 Å². The van der Waals surface area contributed by atoms with Crippen molar-refractivity contribution in [2.45, 2.75) is 50.4 Å². The molecule has 0 aromatic heterocycles. The minimum absolute atomic E-state index is 0.105. The third-order valence-corrected chi connectivity index (χ3v) is 13.1. The van der Waals surface area contributed by atoms with Crippen molar-refractivity contribution in [3.05, 3.63) is 233 Å². The van der Waals surface area contributed by atoms with Crippen molar-refractivity contribution in [3.8, 4) is 11.1 Å². The second-order valence-corrected chi connectivity index (χ2v) is 16.3. The van der Waals surface area contributed by atoms with Gasteiger partial charge in [-0.05, 0) is 122 Å². The maximum absolute atomic E-state index is 4.66. The predicted molar refractivity (Wildman–Crippen MR) is 237 cm³/mol. The molecule has 0 N–H and O–H groups in total.